The summed E-state index contributed by atoms with van der Waals surface area (Å²) in [5.41, 5.74) is 1.34. The van der Waals surface area contributed by atoms with Crippen LogP contribution in [0.1, 0.15) is 68.8 Å². The van der Waals surface area contributed by atoms with E-state index >= 15 is 0 Å². The first-order valence-electron chi connectivity index (χ1n) is 9.68. The van der Waals surface area contributed by atoms with Crippen molar-refractivity contribution in [2.45, 2.75) is 82.8 Å². The topological polar surface area (TPSA) is 57.7 Å². The van der Waals surface area contributed by atoms with Gasteiger partial charge in [0.15, 0.2) is 0 Å². The van der Waals surface area contributed by atoms with E-state index in [1.54, 1.807) is 22.5 Å². The van der Waals surface area contributed by atoms with Gasteiger partial charge in [0, 0.05) is 30.2 Å². The van der Waals surface area contributed by atoms with Crippen molar-refractivity contribution < 1.29 is 13.2 Å². The summed E-state index contributed by atoms with van der Waals surface area (Å²) in [4.78, 5) is 15.3. The lowest BCUT2D eigenvalue weighted by molar-refractivity contribution is 0.0689. The third-order valence-electron chi connectivity index (χ3n) is 5.52. The van der Waals surface area contributed by atoms with Crippen molar-refractivity contribution >= 4 is 15.9 Å². The third kappa shape index (κ3) is 3.67. The SMILES string of the molecule is Cc1ccc(S(=O)(=O)N2CCCCC2C)cc1C(=O)N(C(C)C)C1CC1. The molecule has 1 atom stereocenters. The first-order valence-corrected chi connectivity index (χ1v) is 11.1. The van der Waals surface area contributed by atoms with Gasteiger partial charge in [0.2, 0.25) is 10.0 Å². The minimum atomic E-state index is -3.57. The molecule has 0 N–H and O–H groups in total. The Bertz CT molecular complexity index is 782. The summed E-state index contributed by atoms with van der Waals surface area (Å²) < 4.78 is 27.9. The number of aryl methyl sites for hydroxylation is 1. The Hall–Kier alpha value is -1.40. The van der Waals surface area contributed by atoms with E-state index in [1.807, 2.05) is 32.6 Å². The van der Waals surface area contributed by atoms with E-state index < -0.39 is 10.0 Å². The molecule has 1 unspecified atom stereocenters. The minimum Gasteiger partial charge on any atom is -0.333 e. The molecule has 0 spiro atoms. The van der Waals surface area contributed by atoms with Crippen molar-refractivity contribution in [3.63, 3.8) is 0 Å². The smallest absolute Gasteiger partial charge is 0.254 e. The highest BCUT2D eigenvalue weighted by Gasteiger charge is 2.36. The number of nitrogens with zero attached hydrogens (tertiary/aromatic N) is 2. The van der Waals surface area contributed by atoms with Crippen molar-refractivity contribution in [3.8, 4) is 0 Å². The molecule has 1 aromatic rings. The van der Waals surface area contributed by atoms with Crippen molar-refractivity contribution in [1.82, 2.24) is 9.21 Å². The Balaban J connectivity index is 1.95. The van der Waals surface area contributed by atoms with E-state index in [4.69, 9.17) is 0 Å². The predicted octanol–water partition coefficient (Wildman–Crippen LogP) is 3.57. The van der Waals surface area contributed by atoms with Crippen molar-refractivity contribution in [3.05, 3.63) is 29.3 Å². The molecule has 2 fully saturated rings. The number of sulfonamides is 1. The van der Waals surface area contributed by atoms with Crippen LogP contribution in [0.15, 0.2) is 23.1 Å². The number of carbonyl (C=O) groups excluding carboxylic acids is 1. The normalized spacial score (nSPS) is 21.8. The number of benzene rings is 1. The highest BCUT2D eigenvalue weighted by atomic mass is 32.2. The number of rotatable bonds is 5. The van der Waals surface area contributed by atoms with Gasteiger partial charge in [-0.1, -0.05) is 12.5 Å². The lowest BCUT2D eigenvalue weighted by Crippen LogP contribution is -2.42. The van der Waals surface area contributed by atoms with Gasteiger partial charge in [-0.25, -0.2) is 8.42 Å². The van der Waals surface area contributed by atoms with Gasteiger partial charge in [-0.05, 0) is 71.1 Å². The van der Waals surface area contributed by atoms with Crippen LogP contribution in [0, 0.1) is 6.92 Å². The summed E-state index contributed by atoms with van der Waals surface area (Å²) in [5.74, 6) is -0.0521. The van der Waals surface area contributed by atoms with Crippen LogP contribution >= 0.6 is 0 Å². The first kappa shape index (κ1) is 19.4. The highest BCUT2D eigenvalue weighted by molar-refractivity contribution is 7.89. The van der Waals surface area contributed by atoms with Gasteiger partial charge in [-0.2, -0.15) is 4.31 Å². The van der Waals surface area contributed by atoms with Gasteiger partial charge >= 0.3 is 0 Å². The third-order valence-corrected chi connectivity index (χ3v) is 7.53. The number of carbonyl (C=O) groups is 1. The zero-order valence-electron chi connectivity index (χ0n) is 16.2. The quantitative estimate of drug-likeness (QED) is 0.787. The maximum atomic E-state index is 13.1. The van der Waals surface area contributed by atoms with Crippen LogP contribution < -0.4 is 0 Å². The highest BCUT2D eigenvalue weighted by Crippen LogP contribution is 2.32. The molecule has 0 aromatic heterocycles. The molecular formula is C20H30N2O3S. The molecule has 26 heavy (non-hydrogen) atoms. The molecule has 6 heteroatoms. The number of amides is 1. The molecule has 0 bridgehead atoms. The van der Waals surface area contributed by atoms with Crippen LogP contribution in [-0.4, -0.2) is 48.2 Å². The predicted molar refractivity (Wildman–Crippen MR) is 103 cm³/mol. The Labute approximate surface area is 157 Å². The van der Waals surface area contributed by atoms with Gasteiger partial charge in [-0.15, -0.1) is 0 Å². The Morgan fingerprint density at radius 1 is 1.19 bits per heavy atom. The summed E-state index contributed by atoms with van der Waals surface area (Å²) in [6.45, 7) is 8.42. The summed E-state index contributed by atoms with van der Waals surface area (Å²) >= 11 is 0. The van der Waals surface area contributed by atoms with E-state index in [9.17, 15) is 13.2 Å². The molecule has 1 aromatic carbocycles. The van der Waals surface area contributed by atoms with E-state index in [1.165, 1.54) is 0 Å². The molecule has 5 nitrogen and oxygen atoms in total. The molecular weight excluding hydrogens is 348 g/mol. The zero-order chi connectivity index (χ0) is 19.1. The van der Waals surface area contributed by atoms with E-state index in [0.29, 0.717) is 18.2 Å². The maximum absolute atomic E-state index is 13.1. The second kappa shape index (κ2) is 7.31. The summed E-state index contributed by atoms with van der Waals surface area (Å²) in [6.07, 6.45) is 4.91. The second-order valence-corrected chi connectivity index (χ2v) is 9.87. The van der Waals surface area contributed by atoms with Crippen LogP contribution in [0.2, 0.25) is 0 Å². The van der Waals surface area contributed by atoms with Crippen LogP contribution in [0.4, 0.5) is 0 Å². The second-order valence-electron chi connectivity index (χ2n) is 7.97. The molecule has 2 aliphatic rings. The van der Waals surface area contributed by atoms with Crippen LogP contribution in [0.25, 0.3) is 0 Å². The molecule has 1 amide bonds. The molecule has 1 heterocycles. The Morgan fingerprint density at radius 3 is 2.46 bits per heavy atom. The number of hydrogen-bond donors (Lipinski definition) is 0. The van der Waals surface area contributed by atoms with Crippen molar-refractivity contribution in [2.75, 3.05) is 6.54 Å². The summed E-state index contributed by atoms with van der Waals surface area (Å²) in [7, 11) is -3.57. The fourth-order valence-corrected chi connectivity index (χ4v) is 5.60. The maximum Gasteiger partial charge on any atom is 0.254 e. The molecule has 1 aliphatic heterocycles. The number of piperidine rings is 1. The van der Waals surface area contributed by atoms with E-state index in [-0.39, 0.29) is 22.9 Å². The van der Waals surface area contributed by atoms with Crippen molar-refractivity contribution in [1.29, 1.82) is 0 Å². The van der Waals surface area contributed by atoms with Crippen LogP contribution in [0.3, 0.4) is 0 Å². The molecule has 1 saturated heterocycles. The Kier molecular flexibility index (Phi) is 5.45. The fraction of sp³-hybridized carbons (Fsp3) is 0.650. The Morgan fingerprint density at radius 2 is 1.88 bits per heavy atom. The lowest BCUT2D eigenvalue weighted by atomic mass is 10.1. The fourth-order valence-electron chi connectivity index (χ4n) is 3.87. The average molecular weight is 379 g/mol. The average Bonchev–Trinajstić information content (AvgIpc) is 3.39. The largest absolute Gasteiger partial charge is 0.333 e. The van der Waals surface area contributed by atoms with E-state index in [0.717, 1.165) is 37.7 Å². The number of hydrogen-bond acceptors (Lipinski definition) is 3. The van der Waals surface area contributed by atoms with E-state index in [2.05, 4.69) is 0 Å². The zero-order valence-corrected chi connectivity index (χ0v) is 17.1. The van der Waals surface area contributed by atoms with Crippen molar-refractivity contribution in [2.24, 2.45) is 0 Å². The summed E-state index contributed by atoms with van der Waals surface area (Å²) in [5, 5.41) is 0. The lowest BCUT2D eigenvalue weighted by Gasteiger charge is -2.32. The molecule has 1 aliphatic carbocycles. The standard InChI is InChI=1S/C20H30N2O3S/c1-14(2)22(17-9-10-17)20(23)19-13-18(11-8-15(19)3)26(24,25)21-12-6-5-7-16(21)4/h8,11,13-14,16-17H,5-7,9-10,12H2,1-4H3. The van der Waals surface area contributed by atoms with Gasteiger partial charge in [0.1, 0.15) is 0 Å². The monoisotopic (exact) mass is 378 g/mol. The minimum absolute atomic E-state index is 0.00725. The van der Waals surface area contributed by atoms with Gasteiger partial charge < -0.3 is 4.90 Å². The van der Waals surface area contributed by atoms with Gasteiger partial charge in [0.25, 0.3) is 5.91 Å². The molecule has 0 radical (unpaired) electrons. The molecule has 1 saturated carbocycles. The molecule has 3 rings (SSSR count). The summed E-state index contributed by atoms with van der Waals surface area (Å²) in [6, 6.07) is 5.40. The first-order chi connectivity index (χ1) is 12.2. The van der Waals surface area contributed by atoms with Gasteiger partial charge in [0.05, 0.1) is 4.90 Å². The van der Waals surface area contributed by atoms with Gasteiger partial charge in [-0.3, -0.25) is 4.79 Å². The van der Waals surface area contributed by atoms with Crippen LogP contribution in [0.5, 0.6) is 0 Å². The molecule has 144 valence electrons. The van der Waals surface area contributed by atoms with Crippen LogP contribution in [-0.2, 0) is 10.0 Å².